The Balaban J connectivity index is 2.33. The lowest BCUT2D eigenvalue weighted by Gasteiger charge is -2.09. The smallest absolute Gasteiger partial charge is 0.339 e. The molecule has 0 aliphatic rings. The van der Waals surface area contributed by atoms with E-state index < -0.39 is 21.8 Å². The highest BCUT2D eigenvalue weighted by Crippen LogP contribution is 2.29. The van der Waals surface area contributed by atoms with E-state index in [1.54, 1.807) is 0 Å². The summed E-state index contributed by atoms with van der Waals surface area (Å²) in [5, 5.41) is 0. The lowest BCUT2D eigenvalue weighted by atomic mass is 10.3. The van der Waals surface area contributed by atoms with Gasteiger partial charge in [0, 0.05) is 6.07 Å². The van der Waals surface area contributed by atoms with E-state index in [4.69, 9.17) is 8.92 Å². The fraction of sp³-hybridized carbons (Fsp3) is 0.0769. The van der Waals surface area contributed by atoms with E-state index in [1.165, 1.54) is 25.3 Å². The highest BCUT2D eigenvalue weighted by Gasteiger charge is 2.19. The first-order valence-corrected chi connectivity index (χ1v) is 7.76. The molecule has 0 unspecified atom stereocenters. The molecule has 0 amide bonds. The van der Waals surface area contributed by atoms with Crippen molar-refractivity contribution >= 4 is 26.0 Å². The van der Waals surface area contributed by atoms with Gasteiger partial charge in [0.2, 0.25) is 0 Å². The van der Waals surface area contributed by atoms with Crippen LogP contribution in [0.3, 0.4) is 0 Å². The van der Waals surface area contributed by atoms with Gasteiger partial charge in [0.25, 0.3) is 0 Å². The molecule has 0 aliphatic carbocycles. The van der Waals surface area contributed by atoms with Crippen LogP contribution in [0.25, 0.3) is 0 Å². The molecule has 0 bridgehead atoms. The monoisotopic (exact) mass is 378 g/mol. The summed E-state index contributed by atoms with van der Waals surface area (Å²) in [4.78, 5) is -0.153. The van der Waals surface area contributed by atoms with Crippen LogP contribution in [0.15, 0.2) is 45.8 Å². The van der Waals surface area contributed by atoms with Crippen molar-refractivity contribution in [1.82, 2.24) is 0 Å². The number of hydrogen-bond acceptors (Lipinski definition) is 4. The van der Waals surface area contributed by atoms with Gasteiger partial charge in [-0.25, -0.2) is 8.78 Å². The van der Waals surface area contributed by atoms with Gasteiger partial charge in [0.05, 0.1) is 11.6 Å². The van der Waals surface area contributed by atoms with Gasteiger partial charge in [0.1, 0.15) is 16.4 Å². The first kappa shape index (κ1) is 15.7. The molecule has 0 saturated carbocycles. The number of benzene rings is 2. The van der Waals surface area contributed by atoms with Crippen molar-refractivity contribution in [3.05, 3.63) is 52.5 Å². The van der Waals surface area contributed by atoms with Crippen LogP contribution >= 0.6 is 15.9 Å². The molecule has 21 heavy (non-hydrogen) atoms. The van der Waals surface area contributed by atoms with Crippen LogP contribution in [-0.4, -0.2) is 15.5 Å². The average Bonchev–Trinajstić information content (AvgIpc) is 2.42. The predicted octanol–water partition coefficient (Wildman–Crippen LogP) is 3.50. The predicted molar refractivity (Wildman–Crippen MR) is 74.9 cm³/mol. The van der Waals surface area contributed by atoms with Gasteiger partial charge in [-0.3, -0.25) is 0 Å². The molecule has 2 aromatic carbocycles. The molecule has 2 aromatic rings. The normalized spacial score (nSPS) is 11.2. The number of ether oxygens (including phenoxy) is 1. The van der Waals surface area contributed by atoms with E-state index in [9.17, 15) is 17.2 Å². The molecule has 0 fully saturated rings. The molecule has 8 heteroatoms. The number of hydrogen-bond donors (Lipinski definition) is 0. The molecule has 0 atom stereocenters. The molecule has 0 radical (unpaired) electrons. The zero-order valence-corrected chi connectivity index (χ0v) is 13.0. The summed E-state index contributed by atoms with van der Waals surface area (Å²) in [5.41, 5.74) is 0. The second-order valence-electron chi connectivity index (χ2n) is 3.91. The average molecular weight is 379 g/mol. The number of rotatable bonds is 4. The second-order valence-corrected chi connectivity index (χ2v) is 6.31. The summed E-state index contributed by atoms with van der Waals surface area (Å²) in [6.07, 6.45) is 0. The van der Waals surface area contributed by atoms with E-state index in [1.807, 2.05) is 0 Å². The molecule has 112 valence electrons. The Morgan fingerprint density at radius 1 is 1.05 bits per heavy atom. The summed E-state index contributed by atoms with van der Waals surface area (Å²) in [5.74, 6) is -2.16. The zero-order valence-electron chi connectivity index (χ0n) is 10.6. The Labute approximate surface area is 128 Å². The van der Waals surface area contributed by atoms with Crippen LogP contribution in [0, 0.1) is 11.6 Å². The quantitative estimate of drug-likeness (QED) is 0.764. The molecule has 0 spiro atoms. The van der Waals surface area contributed by atoms with Gasteiger partial charge in [-0.05, 0) is 46.3 Å². The highest BCUT2D eigenvalue weighted by molar-refractivity contribution is 9.10. The van der Waals surface area contributed by atoms with Crippen molar-refractivity contribution in [2.24, 2.45) is 0 Å². The van der Waals surface area contributed by atoms with Crippen molar-refractivity contribution in [2.45, 2.75) is 4.90 Å². The minimum absolute atomic E-state index is 0.153. The molecule has 2 rings (SSSR count). The summed E-state index contributed by atoms with van der Waals surface area (Å²) < 4.78 is 60.1. The van der Waals surface area contributed by atoms with Crippen LogP contribution < -0.4 is 8.92 Å². The molecule has 0 heterocycles. The van der Waals surface area contributed by atoms with Crippen molar-refractivity contribution in [3.63, 3.8) is 0 Å². The Kier molecular flexibility index (Phi) is 4.48. The summed E-state index contributed by atoms with van der Waals surface area (Å²) in [6, 6.07) is 6.46. The fourth-order valence-corrected chi connectivity index (χ4v) is 3.15. The van der Waals surface area contributed by atoms with Crippen LogP contribution in [0.1, 0.15) is 0 Å². The number of halogens is 3. The van der Waals surface area contributed by atoms with Crippen molar-refractivity contribution in [2.75, 3.05) is 7.11 Å². The zero-order chi connectivity index (χ0) is 15.6. The van der Waals surface area contributed by atoms with Crippen LogP contribution in [0.4, 0.5) is 8.78 Å². The first-order chi connectivity index (χ1) is 9.83. The first-order valence-electron chi connectivity index (χ1n) is 5.56. The Hall–Kier alpha value is -1.67. The molecular formula is C13H9BrF2O4S. The van der Waals surface area contributed by atoms with Gasteiger partial charge >= 0.3 is 10.1 Å². The maximum absolute atomic E-state index is 13.0. The standard InChI is InChI=1S/C13H9BrF2O4S/c1-19-13-5-3-9(7-10(13)14)21(17,18)20-8-2-4-11(15)12(16)6-8/h2-7H,1H3. The maximum atomic E-state index is 13.0. The van der Waals surface area contributed by atoms with E-state index in [0.29, 0.717) is 16.3 Å². The lowest BCUT2D eigenvalue weighted by molar-refractivity contribution is 0.411. The van der Waals surface area contributed by atoms with E-state index in [0.717, 1.165) is 12.1 Å². The van der Waals surface area contributed by atoms with E-state index in [-0.39, 0.29) is 10.6 Å². The molecule has 4 nitrogen and oxygen atoms in total. The van der Waals surface area contributed by atoms with Gasteiger partial charge in [-0.15, -0.1) is 0 Å². The highest BCUT2D eigenvalue weighted by atomic mass is 79.9. The minimum Gasteiger partial charge on any atom is -0.496 e. The largest absolute Gasteiger partial charge is 0.496 e. The minimum atomic E-state index is -4.17. The van der Waals surface area contributed by atoms with Crippen LogP contribution in [0.5, 0.6) is 11.5 Å². The van der Waals surface area contributed by atoms with Crippen molar-refractivity contribution in [3.8, 4) is 11.5 Å². The third-order valence-corrected chi connectivity index (χ3v) is 4.37. The second kappa shape index (κ2) is 5.98. The van der Waals surface area contributed by atoms with Crippen molar-refractivity contribution in [1.29, 1.82) is 0 Å². The molecule has 0 saturated heterocycles. The summed E-state index contributed by atoms with van der Waals surface area (Å²) in [6.45, 7) is 0. The Bertz CT molecular complexity index is 778. The van der Waals surface area contributed by atoms with Gasteiger partial charge in [-0.1, -0.05) is 0 Å². The fourth-order valence-electron chi connectivity index (χ4n) is 1.51. The Morgan fingerprint density at radius 3 is 2.33 bits per heavy atom. The van der Waals surface area contributed by atoms with Gasteiger partial charge in [-0.2, -0.15) is 8.42 Å². The SMILES string of the molecule is COc1ccc(S(=O)(=O)Oc2ccc(F)c(F)c2)cc1Br. The van der Waals surface area contributed by atoms with Gasteiger partial charge < -0.3 is 8.92 Å². The number of methoxy groups -OCH3 is 1. The summed E-state index contributed by atoms with van der Waals surface area (Å²) in [7, 11) is -2.73. The molecular weight excluding hydrogens is 370 g/mol. The summed E-state index contributed by atoms with van der Waals surface area (Å²) >= 11 is 3.15. The van der Waals surface area contributed by atoms with Gasteiger partial charge in [0.15, 0.2) is 11.6 Å². The topological polar surface area (TPSA) is 52.6 Å². The Morgan fingerprint density at radius 2 is 1.76 bits per heavy atom. The van der Waals surface area contributed by atoms with E-state index >= 15 is 0 Å². The van der Waals surface area contributed by atoms with E-state index in [2.05, 4.69) is 15.9 Å². The molecule has 0 N–H and O–H groups in total. The lowest BCUT2D eigenvalue weighted by Crippen LogP contribution is -2.10. The molecule has 0 aliphatic heterocycles. The van der Waals surface area contributed by atoms with Crippen molar-refractivity contribution < 1.29 is 26.1 Å². The maximum Gasteiger partial charge on any atom is 0.339 e. The third kappa shape index (κ3) is 3.51. The molecule has 0 aromatic heterocycles. The third-order valence-electron chi connectivity index (χ3n) is 2.51. The van der Waals surface area contributed by atoms with Crippen LogP contribution in [-0.2, 0) is 10.1 Å². The van der Waals surface area contributed by atoms with Crippen LogP contribution in [0.2, 0.25) is 0 Å².